The Morgan fingerprint density at radius 1 is 0.864 bits per heavy atom. The van der Waals surface area contributed by atoms with Crippen LogP contribution in [0.15, 0.2) is 60.7 Å². The van der Waals surface area contributed by atoms with Crippen molar-refractivity contribution in [3.05, 3.63) is 71.8 Å². The van der Waals surface area contributed by atoms with Crippen molar-refractivity contribution in [3.63, 3.8) is 0 Å². The number of carbonyl (C=O) groups is 2. The van der Waals surface area contributed by atoms with Gasteiger partial charge < -0.3 is 0 Å². The van der Waals surface area contributed by atoms with Crippen LogP contribution in [0.3, 0.4) is 0 Å². The zero-order valence-corrected chi connectivity index (χ0v) is 13.0. The minimum Gasteiger partial charge on any atom is -0.274 e. The number of imide groups is 1. The highest BCUT2D eigenvalue weighted by atomic mass is 16.2. The highest BCUT2D eigenvalue weighted by Gasteiger charge is 2.66. The topological polar surface area (TPSA) is 37.4 Å². The van der Waals surface area contributed by atoms with Gasteiger partial charge in [0.25, 0.3) is 5.91 Å². The lowest BCUT2D eigenvalue weighted by Crippen LogP contribution is -2.73. The van der Waals surface area contributed by atoms with Crippen LogP contribution < -0.4 is 0 Å². The second kappa shape index (κ2) is 4.80. The summed E-state index contributed by atoms with van der Waals surface area (Å²) in [4.78, 5) is 26.8. The van der Waals surface area contributed by atoms with Crippen LogP contribution >= 0.6 is 0 Å². The van der Waals surface area contributed by atoms with Crippen molar-refractivity contribution in [2.45, 2.75) is 26.3 Å². The van der Waals surface area contributed by atoms with Gasteiger partial charge in [0.2, 0.25) is 5.91 Å². The Labute approximate surface area is 130 Å². The van der Waals surface area contributed by atoms with Crippen molar-refractivity contribution in [2.75, 3.05) is 0 Å². The monoisotopic (exact) mass is 293 g/mol. The van der Waals surface area contributed by atoms with Gasteiger partial charge in [-0.05, 0) is 38.5 Å². The molecular weight excluding hydrogens is 274 g/mol. The molecule has 1 atom stereocenters. The van der Waals surface area contributed by atoms with Gasteiger partial charge in [-0.25, -0.2) is 0 Å². The van der Waals surface area contributed by atoms with Crippen molar-refractivity contribution in [1.82, 2.24) is 4.90 Å². The number of rotatable bonds is 2. The molecule has 0 aliphatic carbocycles. The molecule has 1 aliphatic heterocycles. The molecule has 1 fully saturated rings. The molecule has 3 nitrogen and oxygen atoms in total. The standard InChI is InChI=1S/C19H19NO2/c1-18(2)17(22)20(16(21)14-10-6-4-7-11-14)19(18,3)15-12-8-5-9-13-15/h4-13H,1-3H3. The predicted molar refractivity (Wildman–Crippen MR) is 85.2 cm³/mol. The molecule has 2 aromatic rings. The van der Waals surface area contributed by atoms with E-state index in [9.17, 15) is 9.59 Å². The number of carbonyl (C=O) groups excluding carboxylic acids is 2. The molecule has 1 saturated heterocycles. The second-order valence-corrected chi connectivity index (χ2v) is 6.37. The van der Waals surface area contributed by atoms with Gasteiger partial charge in [-0.3, -0.25) is 14.5 Å². The van der Waals surface area contributed by atoms with Crippen LogP contribution in [-0.2, 0) is 10.3 Å². The van der Waals surface area contributed by atoms with E-state index in [0.29, 0.717) is 5.56 Å². The smallest absolute Gasteiger partial charge is 0.261 e. The number of nitrogens with zero attached hydrogens (tertiary/aromatic N) is 1. The van der Waals surface area contributed by atoms with Crippen LogP contribution in [0.5, 0.6) is 0 Å². The number of hydrogen-bond acceptors (Lipinski definition) is 2. The average molecular weight is 293 g/mol. The number of benzene rings is 2. The summed E-state index contributed by atoms with van der Waals surface area (Å²) in [6, 6.07) is 18.7. The fraction of sp³-hybridized carbons (Fsp3) is 0.263. The van der Waals surface area contributed by atoms with E-state index in [1.807, 2.05) is 69.3 Å². The largest absolute Gasteiger partial charge is 0.274 e. The van der Waals surface area contributed by atoms with Crippen LogP contribution in [0.25, 0.3) is 0 Å². The van der Waals surface area contributed by atoms with Gasteiger partial charge in [-0.1, -0.05) is 48.5 Å². The molecule has 2 aromatic carbocycles. The third kappa shape index (κ3) is 1.75. The summed E-state index contributed by atoms with van der Waals surface area (Å²) in [6.45, 7) is 5.76. The van der Waals surface area contributed by atoms with Crippen LogP contribution in [-0.4, -0.2) is 16.7 Å². The highest BCUT2D eigenvalue weighted by Crippen LogP contribution is 2.55. The minimum absolute atomic E-state index is 0.132. The van der Waals surface area contributed by atoms with Gasteiger partial charge in [0.05, 0.1) is 11.0 Å². The first-order chi connectivity index (χ1) is 10.4. The van der Waals surface area contributed by atoms with Crippen LogP contribution in [0.1, 0.15) is 36.7 Å². The molecule has 3 heteroatoms. The molecule has 112 valence electrons. The zero-order valence-electron chi connectivity index (χ0n) is 13.0. The Balaban J connectivity index is 2.07. The summed E-state index contributed by atoms with van der Waals surface area (Å²) >= 11 is 0. The maximum Gasteiger partial charge on any atom is 0.261 e. The van der Waals surface area contributed by atoms with Crippen molar-refractivity contribution in [2.24, 2.45) is 5.41 Å². The summed E-state index contributed by atoms with van der Waals surface area (Å²) in [5.74, 6) is -0.371. The Morgan fingerprint density at radius 3 is 1.91 bits per heavy atom. The van der Waals surface area contributed by atoms with Gasteiger partial charge >= 0.3 is 0 Å². The van der Waals surface area contributed by atoms with E-state index in [1.54, 1.807) is 12.1 Å². The van der Waals surface area contributed by atoms with Crippen molar-refractivity contribution in [3.8, 4) is 0 Å². The van der Waals surface area contributed by atoms with Crippen LogP contribution in [0, 0.1) is 5.41 Å². The molecule has 0 N–H and O–H groups in total. The molecular formula is C19H19NO2. The summed E-state index contributed by atoms with van der Waals surface area (Å²) in [5.41, 5.74) is 0.259. The first kappa shape index (κ1) is 14.5. The van der Waals surface area contributed by atoms with Gasteiger partial charge in [0, 0.05) is 5.56 Å². The fourth-order valence-electron chi connectivity index (χ4n) is 3.18. The molecule has 0 bridgehead atoms. The van der Waals surface area contributed by atoms with Gasteiger partial charge in [-0.15, -0.1) is 0 Å². The van der Waals surface area contributed by atoms with Gasteiger partial charge in [-0.2, -0.15) is 0 Å². The second-order valence-electron chi connectivity index (χ2n) is 6.37. The van der Waals surface area contributed by atoms with E-state index in [1.165, 1.54) is 4.90 Å². The molecule has 1 unspecified atom stereocenters. The molecule has 1 aliphatic rings. The quantitative estimate of drug-likeness (QED) is 0.626. The van der Waals surface area contributed by atoms with E-state index >= 15 is 0 Å². The van der Waals surface area contributed by atoms with Crippen molar-refractivity contribution < 1.29 is 9.59 Å². The Bertz CT molecular complexity index is 722. The molecule has 0 aromatic heterocycles. The SMILES string of the molecule is CC1(C)C(=O)N(C(=O)c2ccccc2)C1(C)c1ccccc1. The lowest BCUT2D eigenvalue weighted by atomic mass is 9.60. The minimum atomic E-state index is -0.641. The van der Waals surface area contributed by atoms with E-state index in [0.717, 1.165) is 5.56 Å². The zero-order chi connectivity index (χ0) is 16.0. The molecule has 0 radical (unpaired) electrons. The number of amides is 2. The molecule has 0 spiro atoms. The Morgan fingerprint density at radius 2 is 1.36 bits per heavy atom. The third-order valence-electron chi connectivity index (χ3n) is 4.96. The lowest BCUT2D eigenvalue weighted by molar-refractivity contribution is -0.178. The predicted octanol–water partition coefficient (Wildman–Crippen LogP) is 3.61. The van der Waals surface area contributed by atoms with E-state index in [4.69, 9.17) is 0 Å². The molecule has 2 amide bonds. The van der Waals surface area contributed by atoms with Gasteiger partial charge in [0.1, 0.15) is 0 Å². The lowest BCUT2D eigenvalue weighted by Gasteiger charge is -2.60. The first-order valence-corrected chi connectivity index (χ1v) is 7.40. The molecule has 3 rings (SSSR count). The van der Waals surface area contributed by atoms with Crippen molar-refractivity contribution >= 4 is 11.8 Å². The molecule has 0 saturated carbocycles. The number of likely N-dealkylation sites (tertiary alicyclic amines) is 1. The molecule has 22 heavy (non-hydrogen) atoms. The summed E-state index contributed by atoms with van der Waals surface area (Å²) in [6.07, 6.45) is 0. The van der Waals surface area contributed by atoms with E-state index in [2.05, 4.69) is 0 Å². The Kier molecular flexibility index (Phi) is 3.17. The summed E-state index contributed by atoms with van der Waals surface area (Å²) in [5, 5.41) is 0. The maximum absolute atomic E-state index is 12.8. The number of hydrogen-bond donors (Lipinski definition) is 0. The normalized spacial score (nSPS) is 23.0. The Hall–Kier alpha value is -2.42. The van der Waals surface area contributed by atoms with Crippen molar-refractivity contribution in [1.29, 1.82) is 0 Å². The summed E-state index contributed by atoms with van der Waals surface area (Å²) < 4.78 is 0. The third-order valence-corrected chi connectivity index (χ3v) is 4.96. The highest BCUT2D eigenvalue weighted by molar-refractivity contribution is 6.11. The average Bonchev–Trinajstić information content (AvgIpc) is 2.56. The molecule has 1 heterocycles. The van der Waals surface area contributed by atoms with E-state index in [-0.39, 0.29) is 11.8 Å². The van der Waals surface area contributed by atoms with E-state index < -0.39 is 11.0 Å². The summed E-state index contributed by atoms with van der Waals surface area (Å²) in [7, 11) is 0. The fourth-order valence-corrected chi connectivity index (χ4v) is 3.18. The first-order valence-electron chi connectivity index (χ1n) is 7.40. The van der Waals surface area contributed by atoms with Crippen LogP contribution in [0.4, 0.5) is 0 Å². The number of β-lactam (4-membered cyclic amide) rings is 1. The van der Waals surface area contributed by atoms with Crippen LogP contribution in [0.2, 0.25) is 0 Å². The van der Waals surface area contributed by atoms with Gasteiger partial charge in [0.15, 0.2) is 0 Å². The maximum atomic E-state index is 12.8.